The zero-order valence-electron chi connectivity index (χ0n) is 9.43. The Balaban J connectivity index is 1.74. The van der Waals surface area contributed by atoms with Gasteiger partial charge in [-0.15, -0.1) is 0 Å². The highest BCUT2D eigenvalue weighted by Gasteiger charge is 2.05. The lowest BCUT2D eigenvalue weighted by molar-refractivity contribution is 0.613. The van der Waals surface area contributed by atoms with Crippen molar-refractivity contribution in [2.75, 3.05) is 5.32 Å². The molecule has 1 N–H and O–H groups in total. The second-order valence-corrected chi connectivity index (χ2v) is 3.82. The van der Waals surface area contributed by atoms with Gasteiger partial charge in [-0.2, -0.15) is 4.98 Å². The quantitative estimate of drug-likeness (QED) is 0.768. The Labute approximate surface area is 102 Å². The third-order valence-corrected chi connectivity index (χ3v) is 2.52. The zero-order chi connectivity index (χ0) is 12.4. The van der Waals surface area contributed by atoms with Crippen LogP contribution in [0.3, 0.4) is 0 Å². The molecule has 3 rings (SSSR count). The molecule has 1 aromatic carbocycles. The number of oxazole rings is 1. The first-order chi connectivity index (χ1) is 8.81. The summed E-state index contributed by atoms with van der Waals surface area (Å²) in [7, 11) is 0. The van der Waals surface area contributed by atoms with Crippen LogP contribution in [0.25, 0.3) is 11.2 Å². The number of anilines is 1. The lowest BCUT2D eigenvalue weighted by Crippen LogP contribution is -1.99. The van der Waals surface area contributed by atoms with E-state index in [-0.39, 0.29) is 5.82 Å². The van der Waals surface area contributed by atoms with Crippen LogP contribution in [0.5, 0.6) is 0 Å². The summed E-state index contributed by atoms with van der Waals surface area (Å²) in [6, 6.07) is 10.3. The standard InChI is InChI=1S/C13H10FN3O/c14-10-5-3-9(4-6-10)8-16-13-17-12-11(18-13)2-1-7-15-12/h1-7H,8H2,(H,15,16,17). The molecule has 3 aromatic rings. The van der Waals surface area contributed by atoms with Gasteiger partial charge >= 0.3 is 0 Å². The Hall–Kier alpha value is -2.43. The van der Waals surface area contributed by atoms with E-state index in [9.17, 15) is 4.39 Å². The van der Waals surface area contributed by atoms with Crippen LogP contribution < -0.4 is 5.32 Å². The highest BCUT2D eigenvalue weighted by atomic mass is 19.1. The number of benzene rings is 1. The van der Waals surface area contributed by atoms with Gasteiger partial charge in [-0.05, 0) is 29.8 Å². The van der Waals surface area contributed by atoms with Crippen molar-refractivity contribution in [2.45, 2.75) is 6.54 Å². The Morgan fingerprint density at radius 1 is 1.17 bits per heavy atom. The van der Waals surface area contributed by atoms with Gasteiger partial charge in [-0.1, -0.05) is 12.1 Å². The molecule has 4 nitrogen and oxygen atoms in total. The zero-order valence-corrected chi connectivity index (χ0v) is 9.43. The van der Waals surface area contributed by atoms with Crippen molar-refractivity contribution in [3.8, 4) is 0 Å². The molecule has 0 fully saturated rings. The van der Waals surface area contributed by atoms with Gasteiger partial charge < -0.3 is 9.73 Å². The predicted octanol–water partition coefficient (Wildman–Crippen LogP) is 2.97. The smallest absolute Gasteiger partial charge is 0.297 e. The summed E-state index contributed by atoms with van der Waals surface area (Å²) in [6.07, 6.45) is 1.66. The van der Waals surface area contributed by atoms with Crippen LogP contribution in [0.1, 0.15) is 5.56 Å². The molecule has 0 aliphatic rings. The van der Waals surface area contributed by atoms with Gasteiger partial charge in [0.1, 0.15) is 5.82 Å². The van der Waals surface area contributed by atoms with Crippen molar-refractivity contribution in [3.05, 3.63) is 54.0 Å². The maximum absolute atomic E-state index is 12.7. The minimum atomic E-state index is -0.246. The molecule has 0 saturated carbocycles. The number of pyridine rings is 1. The molecule has 90 valence electrons. The Morgan fingerprint density at radius 2 is 2.00 bits per heavy atom. The highest BCUT2D eigenvalue weighted by Crippen LogP contribution is 2.16. The van der Waals surface area contributed by atoms with Crippen molar-refractivity contribution in [1.82, 2.24) is 9.97 Å². The molecular weight excluding hydrogens is 233 g/mol. The first-order valence-electron chi connectivity index (χ1n) is 5.51. The summed E-state index contributed by atoms with van der Waals surface area (Å²) >= 11 is 0. The summed E-state index contributed by atoms with van der Waals surface area (Å²) in [5.74, 6) is -0.246. The summed E-state index contributed by atoms with van der Waals surface area (Å²) in [4.78, 5) is 8.26. The largest absolute Gasteiger partial charge is 0.422 e. The maximum Gasteiger partial charge on any atom is 0.297 e. The molecule has 0 saturated heterocycles. The van der Waals surface area contributed by atoms with Crippen LogP contribution in [0.4, 0.5) is 10.4 Å². The van der Waals surface area contributed by atoms with Gasteiger partial charge in [0.2, 0.25) is 5.65 Å². The molecule has 5 heteroatoms. The van der Waals surface area contributed by atoms with E-state index in [1.165, 1.54) is 12.1 Å². The number of hydrogen-bond donors (Lipinski definition) is 1. The fourth-order valence-electron chi connectivity index (χ4n) is 1.62. The van der Waals surface area contributed by atoms with Gasteiger partial charge in [0.05, 0.1) is 0 Å². The molecule has 0 amide bonds. The van der Waals surface area contributed by atoms with Crippen LogP contribution in [0.2, 0.25) is 0 Å². The first-order valence-corrected chi connectivity index (χ1v) is 5.51. The van der Waals surface area contributed by atoms with E-state index in [1.54, 1.807) is 30.5 Å². The third kappa shape index (κ3) is 2.15. The average molecular weight is 243 g/mol. The van der Waals surface area contributed by atoms with Gasteiger partial charge in [0.25, 0.3) is 6.01 Å². The summed E-state index contributed by atoms with van der Waals surface area (Å²) < 4.78 is 18.2. The lowest BCUT2D eigenvalue weighted by Gasteiger charge is -2.01. The van der Waals surface area contributed by atoms with E-state index < -0.39 is 0 Å². The number of nitrogens with one attached hydrogen (secondary N) is 1. The van der Waals surface area contributed by atoms with Crippen LogP contribution in [0.15, 0.2) is 47.0 Å². The van der Waals surface area contributed by atoms with Crippen LogP contribution >= 0.6 is 0 Å². The molecule has 0 atom stereocenters. The monoisotopic (exact) mass is 243 g/mol. The highest BCUT2D eigenvalue weighted by molar-refractivity contribution is 5.69. The maximum atomic E-state index is 12.7. The molecule has 0 aliphatic carbocycles. The normalized spacial score (nSPS) is 10.7. The van der Waals surface area contributed by atoms with Gasteiger partial charge in [-0.3, -0.25) is 0 Å². The molecule has 0 radical (unpaired) electrons. The number of hydrogen-bond acceptors (Lipinski definition) is 4. The molecule has 2 heterocycles. The minimum Gasteiger partial charge on any atom is -0.422 e. The van der Waals surface area contributed by atoms with Crippen molar-refractivity contribution < 1.29 is 8.81 Å². The van der Waals surface area contributed by atoms with Crippen molar-refractivity contribution in [3.63, 3.8) is 0 Å². The van der Waals surface area contributed by atoms with Crippen LogP contribution in [-0.4, -0.2) is 9.97 Å². The topological polar surface area (TPSA) is 51.0 Å². The fourth-order valence-corrected chi connectivity index (χ4v) is 1.62. The van der Waals surface area contributed by atoms with Crippen LogP contribution in [0, 0.1) is 5.82 Å². The van der Waals surface area contributed by atoms with Gasteiger partial charge in [-0.25, -0.2) is 9.37 Å². The number of rotatable bonds is 3. The average Bonchev–Trinajstić information content (AvgIpc) is 2.81. The minimum absolute atomic E-state index is 0.246. The second kappa shape index (κ2) is 4.44. The summed E-state index contributed by atoms with van der Waals surface area (Å²) in [5.41, 5.74) is 2.16. The van der Waals surface area contributed by atoms with E-state index in [1.807, 2.05) is 0 Å². The van der Waals surface area contributed by atoms with E-state index in [4.69, 9.17) is 4.42 Å². The molecule has 2 aromatic heterocycles. The summed E-state index contributed by atoms with van der Waals surface area (Å²) in [5, 5.41) is 3.03. The first kappa shape index (κ1) is 10.7. The van der Waals surface area contributed by atoms with Crippen molar-refractivity contribution in [1.29, 1.82) is 0 Å². The van der Waals surface area contributed by atoms with E-state index in [0.29, 0.717) is 23.8 Å². The van der Waals surface area contributed by atoms with E-state index >= 15 is 0 Å². The molecule has 0 spiro atoms. The third-order valence-electron chi connectivity index (χ3n) is 2.52. The lowest BCUT2D eigenvalue weighted by atomic mass is 10.2. The number of aromatic nitrogens is 2. The molecule has 18 heavy (non-hydrogen) atoms. The van der Waals surface area contributed by atoms with E-state index in [2.05, 4.69) is 15.3 Å². The molecule has 0 aliphatic heterocycles. The second-order valence-electron chi connectivity index (χ2n) is 3.82. The Morgan fingerprint density at radius 3 is 2.78 bits per heavy atom. The molecule has 0 unspecified atom stereocenters. The number of fused-ring (bicyclic) bond motifs is 1. The van der Waals surface area contributed by atoms with Crippen molar-refractivity contribution >= 4 is 17.2 Å². The fraction of sp³-hybridized carbons (Fsp3) is 0.0769. The SMILES string of the molecule is Fc1ccc(CNc2nc3ncccc3o2)cc1. The van der Waals surface area contributed by atoms with Gasteiger partial charge in [0, 0.05) is 12.7 Å². The van der Waals surface area contributed by atoms with Gasteiger partial charge in [0.15, 0.2) is 5.58 Å². The molecule has 0 bridgehead atoms. The van der Waals surface area contributed by atoms with Crippen molar-refractivity contribution in [2.24, 2.45) is 0 Å². The van der Waals surface area contributed by atoms with E-state index in [0.717, 1.165) is 5.56 Å². The number of nitrogens with zero attached hydrogens (tertiary/aromatic N) is 2. The Kier molecular flexibility index (Phi) is 2.64. The molecular formula is C13H10FN3O. The summed E-state index contributed by atoms with van der Waals surface area (Å²) in [6.45, 7) is 0.521. The Bertz CT molecular complexity index is 630. The predicted molar refractivity (Wildman–Crippen MR) is 65.5 cm³/mol. The number of halogens is 1. The van der Waals surface area contributed by atoms with Crippen LogP contribution in [-0.2, 0) is 6.54 Å².